The van der Waals surface area contributed by atoms with Crippen molar-refractivity contribution >= 4 is 26.9 Å². The number of rotatable bonds is 5. The monoisotopic (exact) mass is 390 g/mol. The third-order valence-corrected chi connectivity index (χ3v) is 4.51. The molecule has 26 heavy (non-hydrogen) atoms. The van der Waals surface area contributed by atoms with Gasteiger partial charge in [-0.25, -0.2) is 4.79 Å². The zero-order valence-electron chi connectivity index (χ0n) is 13.1. The van der Waals surface area contributed by atoms with Crippen molar-refractivity contribution < 1.29 is 40.4 Å². The van der Waals surface area contributed by atoms with Gasteiger partial charge in [-0.05, 0) is 34.5 Å². The number of fused-ring (bicyclic) bond motifs is 1. The number of halogens is 3. The molecule has 2 atom stereocenters. The van der Waals surface area contributed by atoms with E-state index in [1.807, 2.05) is 6.07 Å². The minimum absolute atomic E-state index is 0.0284. The molecule has 1 aliphatic heterocycles. The van der Waals surface area contributed by atoms with Crippen LogP contribution in [0.15, 0.2) is 36.4 Å². The second-order valence-corrected chi connectivity index (χ2v) is 7.32. The molecule has 3 rings (SSSR count). The van der Waals surface area contributed by atoms with Gasteiger partial charge in [-0.2, -0.15) is 21.6 Å². The van der Waals surface area contributed by atoms with Gasteiger partial charge in [0.25, 0.3) is 10.1 Å². The molecule has 2 aromatic carbocycles. The SMILES string of the molecule is O=C(OC(CS(=O)(=O)O)C(F)(F)F)c1ccc2ccc(C3CO3)cc2c1. The fraction of sp³-hybridized carbons (Fsp3) is 0.312. The predicted molar refractivity (Wildman–Crippen MR) is 84.3 cm³/mol. The van der Waals surface area contributed by atoms with E-state index in [4.69, 9.17) is 9.29 Å². The Morgan fingerprint density at radius 1 is 1.23 bits per heavy atom. The molecule has 0 spiro atoms. The summed E-state index contributed by atoms with van der Waals surface area (Å²) in [4.78, 5) is 12.0. The van der Waals surface area contributed by atoms with E-state index >= 15 is 0 Å². The third-order valence-electron chi connectivity index (χ3n) is 3.78. The molecular weight excluding hydrogens is 377 g/mol. The molecule has 1 aliphatic rings. The summed E-state index contributed by atoms with van der Waals surface area (Å²) in [6.45, 7) is 0.579. The first-order chi connectivity index (χ1) is 12.0. The first-order valence-corrected chi connectivity index (χ1v) is 9.02. The Morgan fingerprint density at radius 2 is 1.88 bits per heavy atom. The molecule has 1 saturated heterocycles. The standard InChI is InChI=1S/C16H13F3O6S/c17-16(18,19)14(8-26(21,22)23)25-15(20)11-4-2-9-1-3-10(13-7-24-13)5-12(9)6-11/h1-6,13-14H,7-8H2,(H,21,22,23). The molecule has 10 heteroatoms. The molecular formula is C16H13F3O6S. The van der Waals surface area contributed by atoms with Gasteiger partial charge in [-0.3, -0.25) is 4.55 Å². The molecule has 2 unspecified atom stereocenters. The van der Waals surface area contributed by atoms with Gasteiger partial charge in [0.05, 0.1) is 12.2 Å². The van der Waals surface area contributed by atoms with Gasteiger partial charge < -0.3 is 9.47 Å². The molecule has 140 valence electrons. The first-order valence-electron chi connectivity index (χ1n) is 7.41. The normalized spacial score (nSPS) is 18.5. The average Bonchev–Trinajstić information content (AvgIpc) is 3.36. The van der Waals surface area contributed by atoms with Gasteiger partial charge in [0.1, 0.15) is 11.9 Å². The van der Waals surface area contributed by atoms with Crippen LogP contribution in [0.1, 0.15) is 22.0 Å². The third kappa shape index (κ3) is 4.51. The van der Waals surface area contributed by atoms with Crippen molar-refractivity contribution in [1.29, 1.82) is 0 Å². The molecule has 0 bridgehead atoms. The Bertz CT molecular complexity index is 950. The molecule has 1 fully saturated rings. The summed E-state index contributed by atoms with van der Waals surface area (Å²) in [5.74, 6) is -3.11. The van der Waals surface area contributed by atoms with Crippen LogP contribution in [0.25, 0.3) is 10.8 Å². The molecule has 6 nitrogen and oxygen atoms in total. The number of alkyl halides is 3. The maximum absolute atomic E-state index is 12.9. The second-order valence-electron chi connectivity index (χ2n) is 5.83. The van der Waals surface area contributed by atoms with Crippen LogP contribution < -0.4 is 0 Å². The number of carbonyl (C=O) groups is 1. The van der Waals surface area contributed by atoms with Gasteiger partial charge in [0.15, 0.2) is 0 Å². The number of carbonyl (C=O) groups excluding carboxylic acids is 1. The molecule has 1 heterocycles. The first kappa shape index (κ1) is 18.6. The minimum atomic E-state index is -5.14. The van der Waals surface area contributed by atoms with Crippen LogP contribution >= 0.6 is 0 Å². The van der Waals surface area contributed by atoms with E-state index in [0.29, 0.717) is 12.0 Å². The lowest BCUT2D eigenvalue weighted by Gasteiger charge is -2.19. The van der Waals surface area contributed by atoms with Crippen molar-refractivity contribution in [3.8, 4) is 0 Å². The Balaban J connectivity index is 1.85. The van der Waals surface area contributed by atoms with Crippen LogP contribution in [-0.4, -0.2) is 43.6 Å². The highest BCUT2D eigenvalue weighted by Gasteiger charge is 2.45. The van der Waals surface area contributed by atoms with Crippen molar-refractivity contribution in [2.45, 2.75) is 18.4 Å². The summed E-state index contributed by atoms with van der Waals surface area (Å²) in [6.07, 6.45) is -8.13. The van der Waals surface area contributed by atoms with Gasteiger partial charge >= 0.3 is 12.1 Å². The van der Waals surface area contributed by atoms with Gasteiger partial charge in [0, 0.05) is 0 Å². The largest absolute Gasteiger partial charge is 0.448 e. The Labute approximate surface area is 146 Å². The minimum Gasteiger partial charge on any atom is -0.448 e. The van der Waals surface area contributed by atoms with E-state index in [-0.39, 0.29) is 11.7 Å². The average molecular weight is 390 g/mol. The topological polar surface area (TPSA) is 93.2 Å². The Hall–Kier alpha value is -2.17. The quantitative estimate of drug-likeness (QED) is 0.479. The van der Waals surface area contributed by atoms with E-state index in [0.717, 1.165) is 10.9 Å². The Kier molecular flexibility index (Phi) is 4.67. The highest BCUT2D eigenvalue weighted by Crippen LogP contribution is 2.32. The second kappa shape index (κ2) is 6.53. The molecule has 1 N–H and O–H groups in total. The highest BCUT2D eigenvalue weighted by molar-refractivity contribution is 7.85. The number of hydrogen-bond donors (Lipinski definition) is 1. The molecule has 0 aromatic heterocycles. The summed E-state index contributed by atoms with van der Waals surface area (Å²) in [7, 11) is -4.99. The Morgan fingerprint density at radius 3 is 2.46 bits per heavy atom. The molecule has 0 aliphatic carbocycles. The maximum atomic E-state index is 12.9. The van der Waals surface area contributed by atoms with Crippen LogP contribution in [-0.2, 0) is 19.6 Å². The molecule has 0 amide bonds. The van der Waals surface area contributed by atoms with Crippen molar-refractivity contribution in [3.05, 3.63) is 47.5 Å². The number of esters is 1. The summed E-state index contributed by atoms with van der Waals surface area (Å²) >= 11 is 0. The number of epoxide rings is 1. The van der Waals surface area contributed by atoms with E-state index in [2.05, 4.69) is 4.74 Å². The summed E-state index contributed by atoms with van der Waals surface area (Å²) < 4.78 is 78.1. The van der Waals surface area contributed by atoms with Crippen LogP contribution in [0.4, 0.5) is 13.2 Å². The summed E-state index contributed by atoms with van der Waals surface area (Å²) in [5, 5.41) is 1.36. The van der Waals surface area contributed by atoms with Crippen molar-refractivity contribution in [3.63, 3.8) is 0 Å². The number of hydrogen-bond acceptors (Lipinski definition) is 5. The van der Waals surface area contributed by atoms with Crippen molar-refractivity contribution in [2.75, 3.05) is 12.4 Å². The lowest BCUT2D eigenvalue weighted by molar-refractivity contribution is -0.197. The van der Waals surface area contributed by atoms with E-state index in [9.17, 15) is 26.4 Å². The number of benzene rings is 2. The summed E-state index contributed by atoms with van der Waals surface area (Å²) in [6, 6.07) is 9.56. The molecule has 2 aromatic rings. The predicted octanol–water partition coefficient (Wildman–Crippen LogP) is 2.89. The zero-order valence-corrected chi connectivity index (χ0v) is 13.9. The fourth-order valence-corrected chi connectivity index (χ4v) is 3.06. The highest BCUT2D eigenvalue weighted by atomic mass is 32.2. The molecule has 0 radical (unpaired) electrons. The van der Waals surface area contributed by atoms with Crippen LogP contribution in [0.3, 0.4) is 0 Å². The van der Waals surface area contributed by atoms with Gasteiger partial charge in [-0.15, -0.1) is 0 Å². The maximum Gasteiger partial charge on any atom is 0.426 e. The number of ether oxygens (including phenoxy) is 2. The van der Waals surface area contributed by atoms with Crippen molar-refractivity contribution in [1.82, 2.24) is 0 Å². The fourth-order valence-electron chi connectivity index (χ4n) is 2.42. The van der Waals surface area contributed by atoms with E-state index in [1.54, 1.807) is 12.1 Å². The zero-order chi connectivity index (χ0) is 19.1. The van der Waals surface area contributed by atoms with Crippen molar-refractivity contribution in [2.24, 2.45) is 0 Å². The van der Waals surface area contributed by atoms with Crippen LogP contribution in [0.5, 0.6) is 0 Å². The van der Waals surface area contributed by atoms with E-state index < -0.39 is 34.1 Å². The van der Waals surface area contributed by atoms with Crippen LogP contribution in [0, 0.1) is 0 Å². The van der Waals surface area contributed by atoms with Crippen LogP contribution in [0.2, 0.25) is 0 Å². The smallest absolute Gasteiger partial charge is 0.426 e. The summed E-state index contributed by atoms with van der Waals surface area (Å²) in [5.41, 5.74) is 0.707. The van der Waals surface area contributed by atoms with Gasteiger partial charge in [-0.1, -0.05) is 18.2 Å². The van der Waals surface area contributed by atoms with Gasteiger partial charge in [0.2, 0.25) is 6.10 Å². The molecule has 0 saturated carbocycles. The lowest BCUT2D eigenvalue weighted by Crippen LogP contribution is -2.39. The van der Waals surface area contributed by atoms with E-state index in [1.165, 1.54) is 18.2 Å². The lowest BCUT2D eigenvalue weighted by atomic mass is 10.0.